The third-order valence-corrected chi connectivity index (χ3v) is 2.21. The van der Waals surface area contributed by atoms with Crippen LogP contribution in [0, 0.1) is 0 Å². The van der Waals surface area contributed by atoms with Crippen molar-refractivity contribution in [3.8, 4) is 0 Å². The Hall–Kier alpha value is -1.51. The lowest BCUT2D eigenvalue weighted by Gasteiger charge is -2.23. The summed E-state index contributed by atoms with van der Waals surface area (Å²) in [5, 5.41) is 8.65. The zero-order valence-corrected chi connectivity index (χ0v) is 9.02. The summed E-state index contributed by atoms with van der Waals surface area (Å²) >= 11 is 0. The van der Waals surface area contributed by atoms with Gasteiger partial charge in [0.25, 0.3) is 0 Å². The molecule has 0 radical (unpaired) electrons. The lowest BCUT2D eigenvalue weighted by atomic mass is 10.2. The number of hydrogen-bond donors (Lipinski definition) is 1. The highest BCUT2D eigenvalue weighted by Crippen LogP contribution is 2.13. The molecule has 0 aliphatic rings. The molecule has 0 fully saturated rings. The standard InChI is InChI=1S/C12H17NO2/c1-2-9-13(10-8-12(14)15)11-6-4-3-5-7-11/h3-7H,2,8-10H2,1H3,(H,14,15). The molecule has 3 nitrogen and oxygen atoms in total. The molecule has 82 valence electrons. The smallest absolute Gasteiger partial charge is 0.305 e. The number of para-hydroxylation sites is 1. The largest absolute Gasteiger partial charge is 0.481 e. The Balaban J connectivity index is 2.61. The predicted octanol–water partition coefficient (Wildman–Crippen LogP) is 2.38. The maximum absolute atomic E-state index is 10.5. The van der Waals surface area contributed by atoms with Crippen LogP contribution in [0.1, 0.15) is 19.8 Å². The van der Waals surface area contributed by atoms with Crippen molar-refractivity contribution in [3.63, 3.8) is 0 Å². The van der Waals surface area contributed by atoms with Gasteiger partial charge in [0, 0.05) is 18.8 Å². The molecule has 0 unspecified atom stereocenters. The highest BCUT2D eigenvalue weighted by atomic mass is 16.4. The summed E-state index contributed by atoms with van der Waals surface area (Å²) in [4.78, 5) is 12.6. The molecule has 0 amide bonds. The van der Waals surface area contributed by atoms with Gasteiger partial charge in [-0.05, 0) is 18.6 Å². The first-order chi connectivity index (χ1) is 7.24. The summed E-state index contributed by atoms with van der Waals surface area (Å²) < 4.78 is 0. The van der Waals surface area contributed by atoms with Gasteiger partial charge in [0.2, 0.25) is 0 Å². The Labute approximate surface area is 90.3 Å². The number of benzene rings is 1. The summed E-state index contributed by atoms with van der Waals surface area (Å²) in [5.41, 5.74) is 1.10. The summed E-state index contributed by atoms with van der Waals surface area (Å²) in [6.45, 7) is 3.57. The average Bonchev–Trinajstić information content (AvgIpc) is 2.25. The van der Waals surface area contributed by atoms with Crippen molar-refractivity contribution in [1.29, 1.82) is 0 Å². The third kappa shape index (κ3) is 4.02. The first kappa shape index (κ1) is 11.6. The molecule has 0 saturated carbocycles. The maximum Gasteiger partial charge on any atom is 0.305 e. The summed E-state index contributed by atoms with van der Waals surface area (Å²) in [6, 6.07) is 9.93. The minimum atomic E-state index is -0.743. The molecule has 0 spiro atoms. The van der Waals surface area contributed by atoms with Crippen molar-refractivity contribution in [3.05, 3.63) is 30.3 Å². The van der Waals surface area contributed by atoms with Crippen LogP contribution in [0.4, 0.5) is 5.69 Å². The number of carbonyl (C=O) groups is 1. The number of carboxylic acid groups (broad SMARTS) is 1. The number of aliphatic carboxylic acids is 1. The molecule has 0 heterocycles. The van der Waals surface area contributed by atoms with E-state index < -0.39 is 5.97 Å². The topological polar surface area (TPSA) is 40.5 Å². The van der Waals surface area contributed by atoms with Gasteiger partial charge >= 0.3 is 5.97 Å². The van der Waals surface area contributed by atoms with Crippen LogP contribution in [0.25, 0.3) is 0 Å². The molecule has 0 aliphatic carbocycles. The van der Waals surface area contributed by atoms with Gasteiger partial charge in [0.15, 0.2) is 0 Å². The molecule has 1 N–H and O–H groups in total. The van der Waals surface area contributed by atoms with E-state index in [1.54, 1.807) is 0 Å². The third-order valence-electron chi connectivity index (χ3n) is 2.21. The van der Waals surface area contributed by atoms with E-state index in [1.807, 2.05) is 30.3 Å². The average molecular weight is 207 g/mol. The zero-order chi connectivity index (χ0) is 11.1. The number of rotatable bonds is 6. The minimum absolute atomic E-state index is 0.189. The predicted molar refractivity (Wildman–Crippen MR) is 61.2 cm³/mol. The van der Waals surface area contributed by atoms with Gasteiger partial charge in [-0.3, -0.25) is 4.79 Å². The molecule has 0 aromatic heterocycles. The van der Waals surface area contributed by atoms with Gasteiger partial charge in [-0.25, -0.2) is 0 Å². The molecule has 1 aromatic rings. The molecular weight excluding hydrogens is 190 g/mol. The van der Waals surface area contributed by atoms with Crippen LogP contribution in [-0.2, 0) is 4.79 Å². The van der Waals surface area contributed by atoms with Crippen LogP contribution in [0.5, 0.6) is 0 Å². The molecule has 1 rings (SSSR count). The minimum Gasteiger partial charge on any atom is -0.481 e. The highest BCUT2D eigenvalue weighted by Gasteiger charge is 2.06. The van der Waals surface area contributed by atoms with Crippen LogP contribution in [-0.4, -0.2) is 24.2 Å². The summed E-state index contributed by atoms with van der Waals surface area (Å²) in [7, 11) is 0. The number of nitrogens with zero attached hydrogens (tertiary/aromatic N) is 1. The molecular formula is C12H17NO2. The van der Waals surface area contributed by atoms with Crippen molar-refractivity contribution in [2.45, 2.75) is 19.8 Å². The van der Waals surface area contributed by atoms with E-state index in [0.29, 0.717) is 6.54 Å². The lowest BCUT2D eigenvalue weighted by Crippen LogP contribution is -2.26. The molecule has 0 saturated heterocycles. The Morgan fingerprint density at radius 1 is 1.27 bits per heavy atom. The molecule has 0 aliphatic heterocycles. The fraction of sp³-hybridized carbons (Fsp3) is 0.417. The van der Waals surface area contributed by atoms with E-state index in [1.165, 1.54) is 0 Å². The van der Waals surface area contributed by atoms with Crippen molar-refractivity contribution >= 4 is 11.7 Å². The molecule has 3 heteroatoms. The van der Waals surface area contributed by atoms with Crippen LogP contribution in [0.15, 0.2) is 30.3 Å². The van der Waals surface area contributed by atoms with Gasteiger partial charge in [-0.15, -0.1) is 0 Å². The van der Waals surface area contributed by atoms with Gasteiger partial charge in [-0.2, -0.15) is 0 Å². The zero-order valence-electron chi connectivity index (χ0n) is 9.02. The maximum atomic E-state index is 10.5. The molecule has 15 heavy (non-hydrogen) atoms. The summed E-state index contributed by atoms with van der Waals surface area (Å²) in [6.07, 6.45) is 1.21. The molecule has 1 aromatic carbocycles. The molecule has 0 atom stereocenters. The second-order valence-electron chi connectivity index (χ2n) is 3.47. The van der Waals surface area contributed by atoms with Crippen LogP contribution in [0.3, 0.4) is 0 Å². The Kier molecular flexibility index (Phi) is 4.68. The van der Waals surface area contributed by atoms with E-state index in [9.17, 15) is 4.79 Å². The first-order valence-corrected chi connectivity index (χ1v) is 5.26. The SMILES string of the molecule is CCCN(CCC(=O)O)c1ccccc1. The Morgan fingerprint density at radius 2 is 1.93 bits per heavy atom. The van der Waals surface area contributed by atoms with Gasteiger partial charge in [0.05, 0.1) is 6.42 Å². The van der Waals surface area contributed by atoms with Gasteiger partial charge in [0.1, 0.15) is 0 Å². The number of carboxylic acids is 1. The second-order valence-corrected chi connectivity index (χ2v) is 3.47. The first-order valence-electron chi connectivity index (χ1n) is 5.26. The fourth-order valence-electron chi connectivity index (χ4n) is 1.51. The fourth-order valence-corrected chi connectivity index (χ4v) is 1.51. The van der Waals surface area contributed by atoms with Crippen LogP contribution in [0.2, 0.25) is 0 Å². The quantitative estimate of drug-likeness (QED) is 0.778. The van der Waals surface area contributed by atoms with E-state index in [2.05, 4.69) is 11.8 Å². The van der Waals surface area contributed by atoms with Crippen LogP contribution < -0.4 is 4.90 Å². The molecule has 0 bridgehead atoms. The van der Waals surface area contributed by atoms with E-state index in [-0.39, 0.29) is 6.42 Å². The number of anilines is 1. The lowest BCUT2D eigenvalue weighted by molar-refractivity contribution is -0.136. The van der Waals surface area contributed by atoms with Crippen molar-refractivity contribution < 1.29 is 9.90 Å². The van der Waals surface area contributed by atoms with Crippen molar-refractivity contribution in [2.75, 3.05) is 18.0 Å². The normalized spacial score (nSPS) is 9.93. The Morgan fingerprint density at radius 3 is 2.47 bits per heavy atom. The van der Waals surface area contributed by atoms with Gasteiger partial charge < -0.3 is 10.0 Å². The second kappa shape index (κ2) is 6.06. The van der Waals surface area contributed by atoms with Crippen molar-refractivity contribution in [2.24, 2.45) is 0 Å². The number of hydrogen-bond acceptors (Lipinski definition) is 2. The van der Waals surface area contributed by atoms with Crippen molar-refractivity contribution in [1.82, 2.24) is 0 Å². The Bertz CT molecular complexity index is 298. The highest BCUT2D eigenvalue weighted by molar-refractivity contribution is 5.67. The summed E-state index contributed by atoms with van der Waals surface area (Å²) in [5.74, 6) is -0.743. The van der Waals surface area contributed by atoms with E-state index in [0.717, 1.165) is 18.7 Å². The van der Waals surface area contributed by atoms with Gasteiger partial charge in [-0.1, -0.05) is 25.1 Å². The van der Waals surface area contributed by atoms with E-state index >= 15 is 0 Å². The van der Waals surface area contributed by atoms with E-state index in [4.69, 9.17) is 5.11 Å². The van der Waals surface area contributed by atoms with Crippen LogP contribution >= 0.6 is 0 Å². The monoisotopic (exact) mass is 207 g/mol.